The summed E-state index contributed by atoms with van der Waals surface area (Å²) in [6.45, 7) is 14.7. The van der Waals surface area contributed by atoms with E-state index in [2.05, 4.69) is 35.1 Å². The Hall–Kier alpha value is -2.54. The van der Waals surface area contributed by atoms with Crippen LogP contribution in [0.1, 0.15) is 64.2 Å². The lowest BCUT2D eigenvalue weighted by atomic mass is 9.86. The van der Waals surface area contributed by atoms with Crippen molar-refractivity contribution in [3.05, 3.63) is 75.7 Å². The van der Waals surface area contributed by atoms with Gasteiger partial charge in [0.2, 0.25) is 11.8 Å². The van der Waals surface area contributed by atoms with E-state index in [-0.39, 0.29) is 45.5 Å². The maximum Gasteiger partial charge on any atom is 0.262 e. The monoisotopic (exact) mass is 639 g/mol. The van der Waals surface area contributed by atoms with Gasteiger partial charge in [0.1, 0.15) is 0 Å². The largest absolute Gasteiger partial charge is 0.494 e. The quantitative estimate of drug-likeness (QED) is 0.279. The molecular formula is C27H38BrN5O4S2. The van der Waals surface area contributed by atoms with E-state index in [0.29, 0.717) is 23.1 Å². The van der Waals surface area contributed by atoms with Gasteiger partial charge in [0.25, 0.3) is 11.1 Å². The summed E-state index contributed by atoms with van der Waals surface area (Å²) < 4.78 is 6.74. The van der Waals surface area contributed by atoms with Crippen molar-refractivity contribution in [2.45, 2.75) is 73.6 Å². The first-order valence-corrected chi connectivity index (χ1v) is 14.8. The van der Waals surface area contributed by atoms with Gasteiger partial charge in [-0.25, -0.2) is 0 Å². The van der Waals surface area contributed by atoms with E-state index in [1.54, 1.807) is 45.9 Å². The van der Waals surface area contributed by atoms with Gasteiger partial charge in [-0.2, -0.15) is 0 Å². The van der Waals surface area contributed by atoms with Gasteiger partial charge in [0, 0.05) is 30.7 Å². The molecule has 2 heterocycles. The number of benzene rings is 1. The van der Waals surface area contributed by atoms with Crippen LogP contribution in [0.25, 0.3) is 0 Å². The fourth-order valence-electron chi connectivity index (χ4n) is 4.47. The summed E-state index contributed by atoms with van der Waals surface area (Å²) in [7, 11) is 0. The Balaban J connectivity index is 0.000000976. The second-order valence-corrected chi connectivity index (χ2v) is 10.2. The molecule has 0 saturated carbocycles. The zero-order valence-corrected chi connectivity index (χ0v) is 26.5. The fourth-order valence-corrected chi connectivity index (χ4v) is 5.74. The molecule has 0 radical (unpaired) electrons. The van der Waals surface area contributed by atoms with Crippen LogP contribution in [0.15, 0.2) is 38.3 Å². The molecule has 12 heteroatoms. The summed E-state index contributed by atoms with van der Waals surface area (Å²) in [6, 6.07) is 7.08. The van der Waals surface area contributed by atoms with Gasteiger partial charge >= 0.3 is 0 Å². The standard InChI is InChI=1S/C23H27BrN4O4S2.C4H11N/c1-5-25-18(29)16(19(30)26(6-2)22(25)33)15(13-10-9-11-14(24)12-13)17-20(31)27(7-3)23(34)28(8-4)21(17)32;1-3-5-4-2/h9-12,15,29,31H,5-8H2,1-4H3;5H,3-4H2,1-2H3. The Morgan fingerprint density at radius 3 is 1.49 bits per heavy atom. The van der Waals surface area contributed by atoms with E-state index in [4.69, 9.17) is 24.4 Å². The summed E-state index contributed by atoms with van der Waals surface area (Å²) in [5.74, 6) is -1.74. The van der Waals surface area contributed by atoms with Crippen LogP contribution in [0.5, 0.6) is 11.8 Å². The minimum Gasteiger partial charge on any atom is -0.494 e. The highest BCUT2D eigenvalue weighted by atomic mass is 79.9. The molecule has 0 atom stereocenters. The average Bonchev–Trinajstić information content (AvgIpc) is 2.89. The second-order valence-electron chi connectivity index (χ2n) is 8.57. The molecule has 0 spiro atoms. The molecule has 0 aliphatic heterocycles. The number of rotatable bonds is 9. The molecular weight excluding hydrogens is 602 g/mol. The third-order valence-electron chi connectivity index (χ3n) is 6.39. The van der Waals surface area contributed by atoms with E-state index < -0.39 is 17.0 Å². The van der Waals surface area contributed by atoms with Crippen molar-refractivity contribution in [2.24, 2.45) is 0 Å². The number of nitrogens with one attached hydrogen (secondary N) is 1. The minimum atomic E-state index is -1.07. The van der Waals surface area contributed by atoms with Crippen LogP contribution in [0.4, 0.5) is 0 Å². The van der Waals surface area contributed by atoms with Crippen LogP contribution < -0.4 is 16.4 Å². The lowest BCUT2D eigenvalue weighted by Crippen LogP contribution is -2.34. The highest BCUT2D eigenvalue weighted by molar-refractivity contribution is 9.10. The van der Waals surface area contributed by atoms with Gasteiger partial charge in [-0.05, 0) is 82.9 Å². The topological polar surface area (TPSA) is 106 Å². The predicted octanol–water partition coefficient (Wildman–Crippen LogP) is 5.12. The molecule has 0 aliphatic rings. The highest BCUT2D eigenvalue weighted by Gasteiger charge is 2.33. The van der Waals surface area contributed by atoms with Crippen molar-refractivity contribution < 1.29 is 10.2 Å². The summed E-state index contributed by atoms with van der Waals surface area (Å²) in [5, 5.41) is 25.7. The summed E-state index contributed by atoms with van der Waals surface area (Å²) in [6.07, 6.45) is 0. The van der Waals surface area contributed by atoms with Crippen LogP contribution in [0.3, 0.4) is 0 Å². The molecule has 0 saturated heterocycles. The summed E-state index contributed by atoms with van der Waals surface area (Å²) in [4.78, 5) is 27.3. The molecule has 1 aromatic carbocycles. The van der Waals surface area contributed by atoms with Crippen molar-refractivity contribution in [3.8, 4) is 11.8 Å². The van der Waals surface area contributed by atoms with E-state index in [1.165, 1.54) is 18.3 Å². The number of nitrogens with zero attached hydrogens (tertiary/aromatic N) is 4. The molecule has 3 aromatic rings. The van der Waals surface area contributed by atoms with Crippen LogP contribution >= 0.6 is 40.4 Å². The van der Waals surface area contributed by atoms with Gasteiger partial charge in [-0.1, -0.05) is 41.9 Å². The number of hydrogen-bond donors (Lipinski definition) is 3. The maximum absolute atomic E-state index is 13.7. The van der Waals surface area contributed by atoms with E-state index >= 15 is 0 Å². The van der Waals surface area contributed by atoms with Crippen molar-refractivity contribution in [2.75, 3.05) is 13.1 Å². The van der Waals surface area contributed by atoms with Gasteiger partial charge < -0.3 is 15.5 Å². The SMILES string of the molecule is CCNCC.CCn1c(O)c(C(c2cccc(Br)c2)c2c(O)n(CC)c(=S)n(CC)c2=O)c(=O)n(CC)c1=S. The maximum atomic E-state index is 13.7. The van der Waals surface area contributed by atoms with Crippen molar-refractivity contribution in [3.63, 3.8) is 0 Å². The Bertz CT molecular complexity index is 1450. The van der Waals surface area contributed by atoms with E-state index in [0.717, 1.165) is 13.1 Å². The van der Waals surface area contributed by atoms with Crippen molar-refractivity contribution in [1.82, 2.24) is 23.6 Å². The van der Waals surface area contributed by atoms with Crippen LogP contribution in [-0.2, 0) is 26.2 Å². The normalized spacial score (nSPS) is 11.0. The van der Waals surface area contributed by atoms with Crippen LogP contribution in [0, 0.1) is 9.54 Å². The van der Waals surface area contributed by atoms with Gasteiger partial charge in [-0.15, -0.1) is 0 Å². The van der Waals surface area contributed by atoms with E-state index in [1.807, 2.05) is 6.07 Å². The Morgan fingerprint density at radius 2 is 1.18 bits per heavy atom. The van der Waals surface area contributed by atoms with E-state index in [9.17, 15) is 19.8 Å². The van der Waals surface area contributed by atoms with Crippen LogP contribution in [0.2, 0.25) is 0 Å². The number of aromatic nitrogens is 4. The number of aromatic hydroxyl groups is 2. The Morgan fingerprint density at radius 1 is 0.769 bits per heavy atom. The molecule has 39 heavy (non-hydrogen) atoms. The zero-order chi connectivity index (χ0) is 29.4. The molecule has 9 nitrogen and oxygen atoms in total. The molecule has 2 aromatic heterocycles. The lowest BCUT2D eigenvalue weighted by Gasteiger charge is -2.25. The average molecular weight is 641 g/mol. The first-order valence-electron chi connectivity index (χ1n) is 13.1. The molecule has 3 rings (SSSR count). The fraction of sp³-hybridized carbons (Fsp3) is 0.481. The summed E-state index contributed by atoms with van der Waals surface area (Å²) in [5.41, 5.74) is -0.575. The molecule has 0 aliphatic carbocycles. The first-order chi connectivity index (χ1) is 18.6. The lowest BCUT2D eigenvalue weighted by molar-refractivity contribution is 0.380. The zero-order valence-electron chi connectivity index (χ0n) is 23.3. The first kappa shape index (κ1) is 32.7. The highest BCUT2D eigenvalue weighted by Crippen LogP contribution is 2.38. The number of hydrogen-bond acceptors (Lipinski definition) is 7. The molecule has 0 unspecified atom stereocenters. The van der Waals surface area contributed by atoms with Crippen LogP contribution in [-0.4, -0.2) is 41.6 Å². The summed E-state index contributed by atoms with van der Waals surface area (Å²) >= 11 is 14.3. The third kappa shape index (κ3) is 6.62. The second kappa shape index (κ2) is 14.7. The van der Waals surface area contributed by atoms with Gasteiger partial charge in [-0.3, -0.25) is 27.9 Å². The predicted molar refractivity (Wildman–Crippen MR) is 164 cm³/mol. The van der Waals surface area contributed by atoms with Crippen molar-refractivity contribution in [1.29, 1.82) is 0 Å². The van der Waals surface area contributed by atoms with Gasteiger partial charge in [0.05, 0.1) is 17.0 Å². The third-order valence-corrected chi connectivity index (χ3v) is 7.77. The Kier molecular flexibility index (Phi) is 12.3. The minimum absolute atomic E-state index is 0.0368. The van der Waals surface area contributed by atoms with Crippen molar-refractivity contribution >= 4 is 40.4 Å². The molecule has 3 N–H and O–H groups in total. The molecule has 0 bridgehead atoms. The molecule has 0 fully saturated rings. The number of halogens is 1. The molecule has 214 valence electrons. The Labute approximate surface area is 247 Å². The smallest absolute Gasteiger partial charge is 0.262 e. The molecule has 0 amide bonds. The van der Waals surface area contributed by atoms with Gasteiger partial charge in [0.15, 0.2) is 9.54 Å².